The minimum absolute atomic E-state index is 0.00703. The molecule has 5 aromatic rings. The molecule has 7 nitrogen and oxygen atoms in total. The summed E-state index contributed by atoms with van der Waals surface area (Å²) in [5.74, 6) is -2.52. The summed E-state index contributed by atoms with van der Waals surface area (Å²) in [7, 11) is 2.46. The molecule has 236 valence electrons. The van der Waals surface area contributed by atoms with E-state index in [1.54, 1.807) is 24.3 Å². The lowest BCUT2D eigenvalue weighted by Crippen LogP contribution is -2.40. The number of nitrogens with two attached hydrogens (primary N) is 1. The highest BCUT2D eigenvalue weighted by molar-refractivity contribution is 6.06. The topological polar surface area (TPSA) is 106 Å². The van der Waals surface area contributed by atoms with Crippen molar-refractivity contribution in [3.63, 3.8) is 0 Å². The van der Waals surface area contributed by atoms with Crippen LogP contribution in [-0.2, 0) is 24.5 Å². The maximum Gasteiger partial charge on any atom is 0.355 e. The van der Waals surface area contributed by atoms with Gasteiger partial charge in [-0.3, -0.25) is 4.90 Å². The maximum atomic E-state index is 13.6. The maximum absolute atomic E-state index is 13.6. The molecule has 2 N–H and O–H groups in total. The number of hydrogen-bond acceptors (Lipinski definition) is 7. The van der Waals surface area contributed by atoms with Crippen molar-refractivity contribution >= 4 is 17.6 Å². The standard InChI is InChI=1S/C41H33N3O4/c1-47-39(45)36-35(28-15-7-3-8-16-28)34(27-42)38(43)44(37(36)40(46)48-2)33-25-23-32(24-26-33)41(29-17-9-4-10-18-29,30-19-11-5-12-20-30)31-21-13-6-14-22-31/h3-26,35H,43H2,1-2H3. The molecule has 7 heteroatoms. The van der Waals surface area contributed by atoms with E-state index < -0.39 is 23.3 Å². The Morgan fingerprint density at radius 3 is 1.48 bits per heavy atom. The fraction of sp³-hybridized carbons (Fsp3) is 0.0976. The molecule has 6 rings (SSSR count). The molecule has 0 aromatic heterocycles. The number of anilines is 1. The Kier molecular flexibility index (Phi) is 8.91. The monoisotopic (exact) mass is 631 g/mol. The summed E-state index contributed by atoms with van der Waals surface area (Å²) in [6.45, 7) is 0. The van der Waals surface area contributed by atoms with Crippen LogP contribution in [0, 0.1) is 11.3 Å². The zero-order valence-corrected chi connectivity index (χ0v) is 26.5. The Morgan fingerprint density at radius 1 is 0.646 bits per heavy atom. The summed E-state index contributed by atoms with van der Waals surface area (Å²) >= 11 is 0. The first kappa shape index (κ1) is 31.6. The van der Waals surface area contributed by atoms with Gasteiger partial charge in [-0.25, -0.2) is 9.59 Å². The Bertz CT molecular complexity index is 1940. The van der Waals surface area contributed by atoms with Crippen LogP contribution in [0.25, 0.3) is 0 Å². The Balaban J connectivity index is 1.60. The Labute approximate surface area is 279 Å². The van der Waals surface area contributed by atoms with Crippen molar-refractivity contribution < 1.29 is 19.1 Å². The quantitative estimate of drug-likeness (QED) is 0.146. The van der Waals surface area contributed by atoms with E-state index in [4.69, 9.17) is 15.2 Å². The molecule has 0 fully saturated rings. The number of hydrogen-bond donors (Lipinski definition) is 1. The molecule has 0 spiro atoms. The largest absolute Gasteiger partial charge is 0.466 e. The van der Waals surface area contributed by atoms with E-state index in [2.05, 4.69) is 42.5 Å². The number of nitriles is 1. The highest BCUT2D eigenvalue weighted by Crippen LogP contribution is 2.47. The van der Waals surface area contributed by atoms with Crippen LogP contribution in [0.1, 0.15) is 33.7 Å². The van der Waals surface area contributed by atoms with Gasteiger partial charge in [-0.05, 0) is 39.9 Å². The number of carbonyl (C=O) groups excluding carboxylic acids is 2. The van der Waals surface area contributed by atoms with E-state index in [0.29, 0.717) is 11.3 Å². The minimum Gasteiger partial charge on any atom is -0.466 e. The van der Waals surface area contributed by atoms with E-state index in [9.17, 15) is 14.9 Å². The molecular formula is C41H33N3O4. The molecule has 0 aliphatic carbocycles. The second kappa shape index (κ2) is 13.5. The van der Waals surface area contributed by atoms with E-state index >= 15 is 0 Å². The smallest absolute Gasteiger partial charge is 0.355 e. The van der Waals surface area contributed by atoms with Crippen LogP contribution in [0.4, 0.5) is 5.69 Å². The number of esters is 2. The number of carbonyl (C=O) groups is 2. The third-order valence-electron chi connectivity index (χ3n) is 8.79. The minimum atomic E-state index is -0.949. The van der Waals surface area contributed by atoms with E-state index in [0.717, 1.165) is 22.3 Å². The summed E-state index contributed by atoms with van der Waals surface area (Å²) in [6, 6.07) is 49.6. The van der Waals surface area contributed by atoms with E-state index in [1.807, 2.05) is 84.9 Å². The number of ether oxygens (including phenoxy) is 2. The molecule has 1 atom stereocenters. The van der Waals surface area contributed by atoms with Crippen LogP contribution in [0.5, 0.6) is 0 Å². The second-order valence-electron chi connectivity index (χ2n) is 11.2. The third-order valence-corrected chi connectivity index (χ3v) is 8.79. The molecule has 0 amide bonds. The SMILES string of the molecule is COC(=O)C1=C(C(=O)OC)N(c2ccc(C(c3ccccc3)(c3ccccc3)c3ccccc3)cc2)C(N)=C(C#N)C1c1ccccc1. The lowest BCUT2D eigenvalue weighted by molar-refractivity contribution is -0.139. The van der Waals surface area contributed by atoms with Gasteiger partial charge in [0.1, 0.15) is 11.5 Å². The first-order chi connectivity index (χ1) is 23.5. The van der Waals surface area contributed by atoms with Crippen molar-refractivity contribution in [2.24, 2.45) is 5.73 Å². The average Bonchev–Trinajstić information content (AvgIpc) is 3.16. The number of benzene rings is 5. The predicted molar refractivity (Wildman–Crippen MR) is 184 cm³/mol. The molecule has 1 unspecified atom stereocenters. The number of methoxy groups -OCH3 is 2. The molecule has 0 bridgehead atoms. The molecule has 1 aliphatic rings. The Hall–Kier alpha value is -6.39. The van der Waals surface area contributed by atoms with Crippen molar-refractivity contribution in [1.29, 1.82) is 5.26 Å². The summed E-state index contributed by atoms with van der Waals surface area (Å²) in [4.78, 5) is 28.5. The van der Waals surface area contributed by atoms with Crippen LogP contribution in [-0.4, -0.2) is 26.2 Å². The van der Waals surface area contributed by atoms with E-state index in [1.165, 1.54) is 19.1 Å². The van der Waals surface area contributed by atoms with Gasteiger partial charge in [0.05, 0.1) is 42.8 Å². The van der Waals surface area contributed by atoms with Crippen molar-refractivity contribution in [3.05, 3.63) is 196 Å². The third kappa shape index (κ3) is 5.29. The van der Waals surface area contributed by atoms with Gasteiger partial charge in [-0.1, -0.05) is 133 Å². The summed E-state index contributed by atoms with van der Waals surface area (Å²) in [5.41, 5.74) is 11.2. The molecule has 48 heavy (non-hydrogen) atoms. The van der Waals surface area contributed by atoms with Gasteiger partial charge in [0.2, 0.25) is 0 Å². The highest BCUT2D eigenvalue weighted by Gasteiger charge is 2.43. The van der Waals surface area contributed by atoms with Gasteiger partial charge < -0.3 is 15.2 Å². The van der Waals surface area contributed by atoms with Crippen molar-refractivity contribution in [2.75, 3.05) is 19.1 Å². The van der Waals surface area contributed by atoms with Gasteiger partial charge >= 0.3 is 11.9 Å². The first-order valence-electron chi connectivity index (χ1n) is 15.4. The first-order valence-corrected chi connectivity index (χ1v) is 15.4. The zero-order valence-electron chi connectivity index (χ0n) is 26.5. The van der Waals surface area contributed by atoms with Gasteiger partial charge in [-0.15, -0.1) is 0 Å². The number of allylic oxidation sites excluding steroid dienone is 1. The molecule has 0 saturated carbocycles. The van der Waals surface area contributed by atoms with Gasteiger partial charge in [-0.2, -0.15) is 5.26 Å². The normalized spacial score (nSPS) is 14.7. The molecule has 1 heterocycles. The zero-order chi connectivity index (χ0) is 33.7. The van der Waals surface area contributed by atoms with Gasteiger partial charge in [0.25, 0.3) is 0 Å². The molecule has 1 aliphatic heterocycles. The lowest BCUT2D eigenvalue weighted by atomic mass is 9.65. The van der Waals surface area contributed by atoms with Gasteiger partial charge in [0, 0.05) is 5.69 Å². The molecule has 0 saturated heterocycles. The highest BCUT2D eigenvalue weighted by atomic mass is 16.5. The van der Waals surface area contributed by atoms with Crippen LogP contribution in [0.3, 0.4) is 0 Å². The number of nitrogens with zero attached hydrogens (tertiary/aromatic N) is 2. The molecule has 5 aromatic carbocycles. The van der Waals surface area contributed by atoms with Crippen molar-refractivity contribution in [2.45, 2.75) is 11.3 Å². The van der Waals surface area contributed by atoms with Crippen LogP contribution >= 0.6 is 0 Å². The van der Waals surface area contributed by atoms with Crippen LogP contribution in [0.15, 0.2) is 168 Å². The van der Waals surface area contributed by atoms with Crippen LogP contribution in [0.2, 0.25) is 0 Å². The fourth-order valence-corrected chi connectivity index (χ4v) is 6.71. The summed E-state index contributed by atoms with van der Waals surface area (Å²) in [5, 5.41) is 10.4. The summed E-state index contributed by atoms with van der Waals surface area (Å²) in [6.07, 6.45) is 0. The number of rotatable bonds is 8. The lowest BCUT2D eigenvalue weighted by Gasteiger charge is -2.38. The Morgan fingerprint density at radius 2 is 1.06 bits per heavy atom. The van der Waals surface area contributed by atoms with Gasteiger partial charge in [0.15, 0.2) is 0 Å². The average molecular weight is 632 g/mol. The second-order valence-corrected chi connectivity index (χ2v) is 11.2. The molecular weight excluding hydrogens is 598 g/mol. The summed E-state index contributed by atoms with van der Waals surface area (Å²) < 4.78 is 10.4. The predicted octanol–water partition coefficient (Wildman–Crippen LogP) is 6.97. The fourth-order valence-electron chi connectivity index (χ4n) is 6.71. The molecule has 0 radical (unpaired) electrons. The van der Waals surface area contributed by atoms with E-state index in [-0.39, 0.29) is 22.7 Å². The van der Waals surface area contributed by atoms with Crippen molar-refractivity contribution in [3.8, 4) is 6.07 Å². The van der Waals surface area contributed by atoms with Crippen LogP contribution < -0.4 is 10.6 Å². The van der Waals surface area contributed by atoms with Crippen molar-refractivity contribution in [1.82, 2.24) is 0 Å².